The molecule has 1 aromatic rings. The molecule has 180 valence electrons. The van der Waals surface area contributed by atoms with Crippen LogP contribution in [-0.4, -0.2) is 88.0 Å². The van der Waals surface area contributed by atoms with Crippen molar-refractivity contribution in [1.82, 2.24) is 20.1 Å². The SMILES string of the molecule is CN1C[C@H]2CN(C(=O)NCc3cccnc3)[C@H]2C1.O=C(O)C(F)(F)F.O=C(O)C(F)(F)F. The molecule has 0 bridgehead atoms. The third kappa shape index (κ3) is 8.56. The Labute approximate surface area is 177 Å². The lowest BCUT2D eigenvalue weighted by Gasteiger charge is -2.43. The molecule has 2 saturated heterocycles. The Morgan fingerprint density at radius 1 is 1.06 bits per heavy atom. The molecule has 0 saturated carbocycles. The number of nitrogens with zero attached hydrogens (tertiary/aromatic N) is 3. The summed E-state index contributed by atoms with van der Waals surface area (Å²) in [7, 11) is 2.12. The van der Waals surface area contributed by atoms with E-state index < -0.39 is 24.3 Å². The van der Waals surface area contributed by atoms with E-state index >= 15 is 0 Å². The summed E-state index contributed by atoms with van der Waals surface area (Å²) in [6.07, 6.45) is -6.65. The molecule has 0 unspecified atom stereocenters. The average Bonchev–Trinajstić information content (AvgIpc) is 2.95. The maximum absolute atomic E-state index is 12.0. The second-order valence-electron chi connectivity index (χ2n) is 6.83. The molecule has 0 aliphatic carbocycles. The number of aliphatic carboxylic acids is 2. The number of likely N-dealkylation sites (N-methyl/N-ethyl adjacent to an activating group) is 1. The van der Waals surface area contributed by atoms with Crippen LogP contribution < -0.4 is 5.32 Å². The van der Waals surface area contributed by atoms with Crippen molar-refractivity contribution in [2.75, 3.05) is 26.7 Å². The van der Waals surface area contributed by atoms with E-state index in [0.29, 0.717) is 18.5 Å². The molecule has 2 atom stereocenters. The Bertz CT molecular complexity index is 766. The van der Waals surface area contributed by atoms with Crippen LogP contribution >= 0.6 is 0 Å². The lowest BCUT2D eigenvalue weighted by molar-refractivity contribution is -0.193. The monoisotopic (exact) mass is 474 g/mol. The molecular formula is C17H20F6N4O5. The van der Waals surface area contributed by atoms with Gasteiger partial charge in [0.15, 0.2) is 0 Å². The first-order chi connectivity index (χ1) is 14.6. The number of pyridine rings is 1. The van der Waals surface area contributed by atoms with Gasteiger partial charge in [0.25, 0.3) is 0 Å². The molecule has 2 aliphatic heterocycles. The molecule has 2 fully saturated rings. The molecule has 1 aromatic heterocycles. The lowest BCUT2D eigenvalue weighted by Crippen LogP contribution is -2.60. The summed E-state index contributed by atoms with van der Waals surface area (Å²) in [6, 6.07) is 4.32. The van der Waals surface area contributed by atoms with Gasteiger partial charge in [-0.1, -0.05) is 6.07 Å². The predicted octanol–water partition coefficient (Wildman–Crippen LogP) is 1.80. The van der Waals surface area contributed by atoms with Crippen LogP contribution in [0.3, 0.4) is 0 Å². The van der Waals surface area contributed by atoms with E-state index in [1.54, 1.807) is 12.4 Å². The highest BCUT2D eigenvalue weighted by atomic mass is 19.4. The van der Waals surface area contributed by atoms with Gasteiger partial charge in [0.1, 0.15) is 0 Å². The summed E-state index contributed by atoms with van der Waals surface area (Å²) in [5.41, 5.74) is 1.03. The van der Waals surface area contributed by atoms with Gasteiger partial charge in [-0.3, -0.25) is 4.98 Å². The normalized spacial score (nSPS) is 19.9. The fourth-order valence-corrected chi connectivity index (χ4v) is 2.86. The smallest absolute Gasteiger partial charge is 0.475 e. The van der Waals surface area contributed by atoms with Crippen molar-refractivity contribution in [3.8, 4) is 0 Å². The van der Waals surface area contributed by atoms with Gasteiger partial charge in [0.2, 0.25) is 0 Å². The van der Waals surface area contributed by atoms with Gasteiger partial charge in [0, 0.05) is 44.5 Å². The van der Waals surface area contributed by atoms with Crippen molar-refractivity contribution >= 4 is 18.0 Å². The summed E-state index contributed by atoms with van der Waals surface area (Å²) in [5, 5.41) is 17.2. The zero-order chi connectivity index (χ0) is 24.7. The first-order valence-corrected chi connectivity index (χ1v) is 8.85. The molecule has 15 heteroatoms. The number of alkyl halides is 6. The Morgan fingerprint density at radius 2 is 1.59 bits per heavy atom. The number of aromatic nitrogens is 1. The minimum Gasteiger partial charge on any atom is -0.475 e. The predicted molar refractivity (Wildman–Crippen MR) is 95.3 cm³/mol. The number of amides is 2. The quantitative estimate of drug-likeness (QED) is 0.559. The minimum atomic E-state index is -5.08. The Kier molecular flexibility index (Phi) is 9.23. The number of carboxylic acid groups (broad SMARTS) is 2. The van der Waals surface area contributed by atoms with Gasteiger partial charge in [-0.25, -0.2) is 14.4 Å². The van der Waals surface area contributed by atoms with Crippen molar-refractivity contribution < 1.29 is 50.9 Å². The Balaban J connectivity index is 0.000000305. The lowest BCUT2D eigenvalue weighted by atomic mass is 9.93. The molecule has 32 heavy (non-hydrogen) atoms. The third-order valence-electron chi connectivity index (χ3n) is 4.33. The molecule has 2 amide bonds. The van der Waals surface area contributed by atoms with Crippen molar-refractivity contribution in [1.29, 1.82) is 0 Å². The molecule has 0 spiro atoms. The first-order valence-electron chi connectivity index (χ1n) is 8.85. The van der Waals surface area contributed by atoms with Crippen LogP contribution in [0.1, 0.15) is 5.56 Å². The van der Waals surface area contributed by atoms with Crippen molar-refractivity contribution in [3.05, 3.63) is 30.1 Å². The molecule has 0 aromatic carbocycles. The molecule has 0 radical (unpaired) electrons. The summed E-state index contributed by atoms with van der Waals surface area (Å²) in [5.74, 6) is -4.83. The molecular weight excluding hydrogens is 454 g/mol. The number of fused-ring (bicyclic) bond motifs is 1. The van der Waals surface area contributed by atoms with Crippen LogP contribution in [-0.2, 0) is 16.1 Å². The van der Waals surface area contributed by atoms with Gasteiger partial charge in [-0.15, -0.1) is 0 Å². The van der Waals surface area contributed by atoms with Crippen LogP contribution in [0, 0.1) is 5.92 Å². The number of urea groups is 1. The number of rotatable bonds is 2. The summed E-state index contributed by atoms with van der Waals surface area (Å²) >= 11 is 0. The zero-order valence-electron chi connectivity index (χ0n) is 16.5. The number of carbonyl (C=O) groups excluding carboxylic acids is 1. The second kappa shape index (κ2) is 11.0. The molecule has 3 rings (SSSR count). The van der Waals surface area contributed by atoms with E-state index in [0.717, 1.165) is 25.2 Å². The standard InChI is InChI=1S/C13H18N4O.2C2HF3O2/c1-16-7-11-8-17(12(11)9-16)13(18)15-6-10-3-2-4-14-5-10;2*3-2(4,5)1(6)7/h2-5,11-12H,6-9H2,1H3,(H,15,18);2*(H,6,7)/t11-,12-;;/m0../s1. The number of carboxylic acids is 2. The highest BCUT2D eigenvalue weighted by molar-refractivity contribution is 5.75. The molecule has 2 aliphatic rings. The number of nitrogens with one attached hydrogen (secondary N) is 1. The number of carbonyl (C=O) groups is 3. The zero-order valence-corrected chi connectivity index (χ0v) is 16.5. The van der Waals surface area contributed by atoms with Gasteiger partial charge in [-0.05, 0) is 18.7 Å². The third-order valence-corrected chi connectivity index (χ3v) is 4.33. The topological polar surface area (TPSA) is 123 Å². The van der Waals surface area contributed by atoms with E-state index in [1.807, 2.05) is 17.0 Å². The van der Waals surface area contributed by atoms with Crippen LogP contribution in [0.4, 0.5) is 31.1 Å². The summed E-state index contributed by atoms with van der Waals surface area (Å²) < 4.78 is 63.5. The number of hydrogen-bond acceptors (Lipinski definition) is 5. The van der Waals surface area contributed by atoms with Crippen molar-refractivity contribution in [3.63, 3.8) is 0 Å². The maximum Gasteiger partial charge on any atom is 0.490 e. The fourth-order valence-electron chi connectivity index (χ4n) is 2.86. The summed E-state index contributed by atoms with van der Waals surface area (Å²) in [4.78, 5) is 38.1. The van der Waals surface area contributed by atoms with Crippen molar-refractivity contribution in [2.45, 2.75) is 24.9 Å². The maximum atomic E-state index is 12.0. The molecule has 9 nitrogen and oxygen atoms in total. The van der Waals surface area contributed by atoms with E-state index in [9.17, 15) is 31.1 Å². The molecule has 3 heterocycles. The number of halogens is 6. The van der Waals surface area contributed by atoms with Gasteiger partial charge in [0.05, 0.1) is 6.04 Å². The van der Waals surface area contributed by atoms with E-state index in [-0.39, 0.29) is 6.03 Å². The van der Waals surface area contributed by atoms with Gasteiger partial charge >= 0.3 is 30.3 Å². The second-order valence-corrected chi connectivity index (χ2v) is 6.83. The fraction of sp³-hybridized carbons (Fsp3) is 0.529. The van der Waals surface area contributed by atoms with Crippen LogP contribution in [0.2, 0.25) is 0 Å². The number of likely N-dealkylation sites (tertiary alicyclic amines) is 2. The average molecular weight is 474 g/mol. The van der Waals surface area contributed by atoms with Gasteiger partial charge < -0.3 is 25.3 Å². The summed E-state index contributed by atoms with van der Waals surface area (Å²) in [6.45, 7) is 3.58. The highest BCUT2D eigenvalue weighted by Crippen LogP contribution is 2.31. The van der Waals surface area contributed by atoms with Gasteiger partial charge in [-0.2, -0.15) is 26.3 Å². The van der Waals surface area contributed by atoms with E-state index in [4.69, 9.17) is 19.8 Å². The first kappa shape index (κ1) is 26.9. The Hall–Kier alpha value is -3.10. The minimum absolute atomic E-state index is 0.0513. The Morgan fingerprint density at radius 3 is 2.00 bits per heavy atom. The van der Waals surface area contributed by atoms with Crippen molar-refractivity contribution in [2.24, 2.45) is 5.92 Å². The highest BCUT2D eigenvalue weighted by Gasteiger charge is 2.46. The van der Waals surface area contributed by atoms with Crippen LogP contribution in [0.25, 0.3) is 0 Å². The van der Waals surface area contributed by atoms with Crippen LogP contribution in [0.15, 0.2) is 24.5 Å². The largest absolute Gasteiger partial charge is 0.490 e. The number of hydrogen-bond donors (Lipinski definition) is 3. The molecule has 3 N–H and O–H groups in total. The van der Waals surface area contributed by atoms with Crippen LogP contribution in [0.5, 0.6) is 0 Å². The van der Waals surface area contributed by atoms with E-state index in [1.165, 1.54) is 0 Å². The van der Waals surface area contributed by atoms with E-state index in [2.05, 4.69) is 22.2 Å².